The van der Waals surface area contributed by atoms with E-state index in [1.54, 1.807) is 6.92 Å². The third-order valence-electron chi connectivity index (χ3n) is 2.78. The molecule has 0 atom stereocenters. The second kappa shape index (κ2) is 6.02. The molecule has 0 saturated carbocycles. The van der Waals surface area contributed by atoms with E-state index in [1.807, 2.05) is 0 Å². The van der Waals surface area contributed by atoms with Crippen molar-refractivity contribution in [2.24, 2.45) is 5.14 Å². The lowest BCUT2D eigenvalue weighted by molar-refractivity contribution is -0.138. The highest BCUT2D eigenvalue weighted by Crippen LogP contribution is 2.20. The van der Waals surface area contributed by atoms with Crippen molar-refractivity contribution < 1.29 is 26.4 Å². The van der Waals surface area contributed by atoms with Gasteiger partial charge in [-0.25, -0.2) is 13.6 Å². The van der Waals surface area contributed by atoms with Gasteiger partial charge >= 0.3 is 6.18 Å². The summed E-state index contributed by atoms with van der Waals surface area (Å²) in [6.07, 6.45) is -4.17. The maximum absolute atomic E-state index is 12.3. The fraction of sp³-hybridized carbons (Fsp3) is 0.417. The van der Waals surface area contributed by atoms with Crippen LogP contribution in [0.2, 0.25) is 0 Å². The van der Waals surface area contributed by atoms with Crippen LogP contribution in [0.5, 0.6) is 0 Å². The van der Waals surface area contributed by atoms with E-state index in [0.29, 0.717) is 16.9 Å². The van der Waals surface area contributed by atoms with Crippen LogP contribution >= 0.6 is 0 Å². The number of alkyl halides is 3. The minimum absolute atomic E-state index is 0.101. The van der Waals surface area contributed by atoms with Crippen molar-refractivity contribution in [1.29, 1.82) is 0 Å². The van der Waals surface area contributed by atoms with E-state index < -0.39 is 28.7 Å². The highest BCUT2D eigenvalue weighted by atomic mass is 32.2. The van der Waals surface area contributed by atoms with Gasteiger partial charge in [0.15, 0.2) is 0 Å². The summed E-state index contributed by atoms with van der Waals surface area (Å²) < 4.78 is 59.5. The van der Waals surface area contributed by atoms with Gasteiger partial charge in [0, 0.05) is 12.6 Å². The number of halogens is 3. The van der Waals surface area contributed by atoms with Gasteiger partial charge in [0.2, 0.25) is 10.0 Å². The number of benzene rings is 1. The molecule has 1 aromatic carbocycles. The Hall–Kier alpha value is -1.61. The van der Waals surface area contributed by atoms with Crippen molar-refractivity contribution in [3.05, 3.63) is 29.3 Å². The van der Waals surface area contributed by atoms with E-state index in [2.05, 4.69) is 0 Å². The van der Waals surface area contributed by atoms with Crippen LogP contribution < -0.4 is 5.14 Å². The van der Waals surface area contributed by atoms with E-state index in [1.165, 1.54) is 12.1 Å². The third kappa shape index (κ3) is 4.71. The number of rotatable bonds is 4. The lowest BCUT2D eigenvalue weighted by atomic mass is 10.0. The molecule has 0 bridgehead atoms. The maximum Gasteiger partial charge on any atom is 0.406 e. The summed E-state index contributed by atoms with van der Waals surface area (Å²) in [5, 5.41) is 4.96. The Kier molecular flexibility index (Phi) is 5.00. The molecule has 0 aromatic heterocycles. The van der Waals surface area contributed by atoms with E-state index in [0.717, 1.165) is 13.1 Å². The average molecular weight is 324 g/mol. The first-order valence-corrected chi connectivity index (χ1v) is 7.48. The number of sulfonamides is 1. The van der Waals surface area contributed by atoms with Gasteiger partial charge in [0.1, 0.15) is 6.54 Å². The van der Waals surface area contributed by atoms with Crippen LogP contribution in [0.1, 0.15) is 22.8 Å². The smallest absolute Gasteiger partial charge is 0.333 e. The normalized spacial score (nSPS) is 12.3. The lowest BCUT2D eigenvalue weighted by Gasteiger charge is -2.20. The zero-order valence-electron chi connectivity index (χ0n) is 11.4. The second-order valence-electron chi connectivity index (χ2n) is 4.49. The first kappa shape index (κ1) is 17.4. The molecule has 1 rings (SSSR count). The number of carbonyl (C=O) groups excluding carboxylic acids is 1. The van der Waals surface area contributed by atoms with Gasteiger partial charge in [-0.1, -0.05) is 13.0 Å². The average Bonchev–Trinajstić information content (AvgIpc) is 2.33. The topological polar surface area (TPSA) is 80.5 Å². The van der Waals surface area contributed by atoms with E-state index in [-0.39, 0.29) is 10.5 Å². The molecule has 0 heterocycles. The number of nitrogens with two attached hydrogens (primary N) is 1. The van der Waals surface area contributed by atoms with Gasteiger partial charge in [0.05, 0.1) is 4.90 Å². The van der Waals surface area contributed by atoms with Crippen LogP contribution in [0.15, 0.2) is 23.1 Å². The fourth-order valence-corrected chi connectivity index (χ4v) is 2.33. The Morgan fingerprint density at radius 1 is 1.33 bits per heavy atom. The predicted molar refractivity (Wildman–Crippen MR) is 70.2 cm³/mol. The summed E-state index contributed by atoms with van der Waals surface area (Å²) >= 11 is 0. The maximum atomic E-state index is 12.3. The van der Waals surface area contributed by atoms with Crippen LogP contribution in [0, 0.1) is 0 Å². The van der Waals surface area contributed by atoms with Crippen LogP contribution in [0.25, 0.3) is 0 Å². The molecule has 0 radical (unpaired) electrons. The summed E-state index contributed by atoms with van der Waals surface area (Å²) in [5.41, 5.74) is 0.345. The first-order valence-electron chi connectivity index (χ1n) is 5.93. The Morgan fingerprint density at radius 3 is 2.33 bits per heavy atom. The molecular formula is C12H15F3N2O3S. The van der Waals surface area contributed by atoms with Gasteiger partial charge in [-0.3, -0.25) is 4.79 Å². The zero-order chi connectivity index (χ0) is 16.4. The number of hydrogen-bond donors (Lipinski definition) is 1. The largest absolute Gasteiger partial charge is 0.406 e. The Labute approximate surface area is 120 Å². The Balaban J connectivity index is 3.24. The lowest BCUT2D eigenvalue weighted by Crippen LogP contribution is -2.36. The monoisotopic (exact) mass is 324 g/mol. The molecule has 1 amide bonds. The van der Waals surface area contributed by atoms with Crippen molar-refractivity contribution in [3.8, 4) is 0 Å². The summed E-state index contributed by atoms with van der Waals surface area (Å²) in [7, 11) is -3.04. The molecular weight excluding hydrogens is 309 g/mol. The molecule has 0 aliphatic carbocycles. The Morgan fingerprint density at radius 2 is 1.90 bits per heavy atom. The molecule has 1 aromatic rings. The molecule has 0 spiro atoms. The molecule has 0 saturated heterocycles. The van der Waals surface area contributed by atoms with Crippen LogP contribution in [0.3, 0.4) is 0 Å². The molecule has 118 valence electrons. The predicted octanol–water partition coefficient (Wildman–Crippen LogP) is 1.53. The standard InChI is InChI=1S/C12H15F3N2O3S/c1-3-8-4-5-9(21(16,19)20)6-10(8)11(18)17(2)7-12(13,14)15/h4-6H,3,7H2,1-2H3,(H2,16,19,20). The van der Waals surface area contributed by atoms with Crippen molar-refractivity contribution in [2.75, 3.05) is 13.6 Å². The highest BCUT2D eigenvalue weighted by molar-refractivity contribution is 7.89. The van der Waals surface area contributed by atoms with Crippen molar-refractivity contribution in [3.63, 3.8) is 0 Å². The van der Waals surface area contributed by atoms with Crippen molar-refractivity contribution in [2.45, 2.75) is 24.4 Å². The van der Waals surface area contributed by atoms with Crippen LogP contribution in [-0.2, 0) is 16.4 Å². The van der Waals surface area contributed by atoms with E-state index in [9.17, 15) is 26.4 Å². The SMILES string of the molecule is CCc1ccc(S(N)(=O)=O)cc1C(=O)N(C)CC(F)(F)F. The molecule has 0 unspecified atom stereocenters. The third-order valence-corrected chi connectivity index (χ3v) is 3.70. The minimum Gasteiger partial charge on any atom is -0.333 e. The number of primary sulfonamides is 1. The summed E-state index contributed by atoms with van der Waals surface area (Å²) in [6, 6.07) is 3.59. The molecule has 21 heavy (non-hydrogen) atoms. The second-order valence-corrected chi connectivity index (χ2v) is 6.06. The highest BCUT2D eigenvalue weighted by Gasteiger charge is 2.32. The van der Waals surface area contributed by atoms with Gasteiger partial charge in [-0.05, 0) is 24.1 Å². The van der Waals surface area contributed by atoms with Gasteiger partial charge < -0.3 is 4.90 Å². The summed E-state index contributed by atoms with van der Waals surface area (Å²) in [5.74, 6) is -0.908. The summed E-state index contributed by atoms with van der Waals surface area (Å²) in [4.78, 5) is 12.2. The number of hydrogen-bond acceptors (Lipinski definition) is 3. The van der Waals surface area contributed by atoms with Crippen LogP contribution in [0.4, 0.5) is 13.2 Å². The zero-order valence-corrected chi connectivity index (χ0v) is 12.3. The van der Waals surface area contributed by atoms with Crippen molar-refractivity contribution >= 4 is 15.9 Å². The number of carbonyl (C=O) groups is 1. The number of amides is 1. The quantitative estimate of drug-likeness (QED) is 0.912. The van der Waals surface area contributed by atoms with E-state index in [4.69, 9.17) is 5.14 Å². The minimum atomic E-state index is -4.53. The molecule has 5 nitrogen and oxygen atoms in total. The Bertz CT molecular complexity index is 642. The number of nitrogens with zero attached hydrogens (tertiary/aromatic N) is 1. The molecule has 0 aliphatic heterocycles. The molecule has 0 aliphatic rings. The van der Waals surface area contributed by atoms with Gasteiger partial charge in [-0.15, -0.1) is 0 Å². The fourth-order valence-electron chi connectivity index (χ4n) is 1.79. The summed E-state index contributed by atoms with van der Waals surface area (Å²) in [6.45, 7) is 0.279. The van der Waals surface area contributed by atoms with Gasteiger partial charge in [-0.2, -0.15) is 13.2 Å². The van der Waals surface area contributed by atoms with Gasteiger partial charge in [0.25, 0.3) is 5.91 Å². The number of aryl methyl sites for hydroxylation is 1. The van der Waals surface area contributed by atoms with Crippen LogP contribution in [-0.4, -0.2) is 39.0 Å². The molecule has 9 heteroatoms. The van der Waals surface area contributed by atoms with E-state index >= 15 is 0 Å². The molecule has 0 fully saturated rings. The van der Waals surface area contributed by atoms with Crippen molar-refractivity contribution in [1.82, 2.24) is 4.90 Å². The molecule has 2 N–H and O–H groups in total. The first-order chi connectivity index (χ1) is 9.45.